The fourth-order valence-electron chi connectivity index (χ4n) is 4.02. The summed E-state index contributed by atoms with van der Waals surface area (Å²) in [6.07, 6.45) is 3.39. The molecule has 0 saturated carbocycles. The van der Waals surface area contributed by atoms with Gasteiger partial charge >= 0.3 is 0 Å². The zero-order valence-electron chi connectivity index (χ0n) is 18.5. The van der Waals surface area contributed by atoms with Gasteiger partial charge in [-0.25, -0.2) is 13.2 Å². The van der Waals surface area contributed by atoms with E-state index in [4.69, 9.17) is 9.47 Å². The van der Waals surface area contributed by atoms with Crippen LogP contribution in [0.15, 0.2) is 60.7 Å². The van der Waals surface area contributed by atoms with Crippen LogP contribution in [-0.4, -0.2) is 24.6 Å². The van der Waals surface area contributed by atoms with Crippen LogP contribution in [0.5, 0.6) is 5.75 Å². The maximum Gasteiger partial charge on any atom is 0.201 e. The highest BCUT2D eigenvalue weighted by molar-refractivity contribution is 5.72. The minimum atomic E-state index is -1.09. The number of ether oxygens (including phenoxy) is 2. The van der Waals surface area contributed by atoms with E-state index < -0.39 is 29.6 Å². The fraction of sp³-hybridized carbons (Fsp3) is 0.259. The molecule has 7 heteroatoms. The summed E-state index contributed by atoms with van der Waals surface area (Å²) in [5, 5.41) is 9.44. The Balaban J connectivity index is 1.57. The number of rotatable bonds is 6. The summed E-state index contributed by atoms with van der Waals surface area (Å²) in [5.74, 6) is -4.60. The molecular weight excluding hydrogens is 448 g/mol. The lowest BCUT2D eigenvalue weighted by Crippen LogP contribution is -2.25. The number of halogens is 4. The van der Waals surface area contributed by atoms with Gasteiger partial charge in [0.15, 0.2) is 29.5 Å². The van der Waals surface area contributed by atoms with Gasteiger partial charge in [-0.1, -0.05) is 48.6 Å². The second kappa shape index (κ2) is 10.4. The van der Waals surface area contributed by atoms with Crippen LogP contribution in [-0.2, 0) is 4.74 Å². The van der Waals surface area contributed by atoms with Crippen molar-refractivity contribution in [3.05, 3.63) is 89.5 Å². The standard InChI is InChI=1S/C27H24F4O3/c1-2-3-14-33-22-12-11-20(26(30)27(22)31)17-6-4-16(5-7-17)19-9-10-21(25(29)24(19)28)18-8-13-23(32)34-15-18/h2-7,9-12,18,23,32H,8,13-15H2,1H3/b3-2+. The highest BCUT2D eigenvalue weighted by Crippen LogP contribution is 2.35. The molecule has 0 aliphatic carbocycles. The Morgan fingerprint density at radius 1 is 0.853 bits per heavy atom. The molecule has 1 aliphatic heterocycles. The van der Waals surface area contributed by atoms with E-state index in [0.717, 1.165) is 0 Å². The molecule has 1 N–H and O–H groups in total. The van der Waals surface area contributed by atoms with E-state index in [9.17, 15) is 22.7 Å². The van der Waals surface area contributed by atoms with Gasteiger partial charge < -0.3 is 14.6 Å². The van der Waals surface area contributed by atoms with E-state index in [1.54, 1.807) is 19.1 Å². The van der Waals surface area contributed by atoms with Crippen LogP contribution in [0.25, 0.3) is 22.3 Å². The van der Waals surface area contributed by atoms with Crippen molar-refractivity contribution < 1.29 is 32.1 Å². The number of aliphatic hydroxyl groups is 1. The second-order valence-electron chi connectivity index (χ2n) is 8.09. The van der Waals surface area contributed by atoms with Gasteiger partial charge in [0.1, 0.15) is 6.61 Å². The molecule has 34 heavy (non-hydrogen) atoms. The van der Waals surface area contributed by atoms with E-state index in [1.807, 2.05) is 0 Å². The van der Waals surface area contributed by atoms with Crippen molar-refractivity contribution in [3.63, 3.8) is 0 Å². The molecule has 1 heterocycles. The largest absolute Gasteiger partial charge is 0.486 e. The summed E-state index contributed by atoms with van der Waals surface area (Å²) in [6, 6.07) is 11.9. The smallest absolute Gasteiger partial charge is 0.201 e. The minimum Gasteiger partial charge on any atom is -0.486 e. The molecule has 3 aromatic carbocycles. The maximum atomic E-state index is 14.9. The Morgan fingerprint density at radius 2 is 1.47 bits per heavy atom. The number of hydrogen-bond acceptors (Lipinski definition) is 3. The van der Waals surface area contributed by atoms with Gasteiger partial charge in [-0.3, -0.25) is 0 Å². The molecule has 0 bridgehead atoms. The molecule has 1 saturated heterocycles. The van der Waals surface area contributed by atoms with E-state index >= 15 is 0 Å². The van der Waals surface area contributed by atoms with Crippen molar-refractivity contribution in [1.29, 1.82) is 0 Å². The van der Waals surface area contributed by atoms with Crippen LogP contribution < -0.4 is 4.74 Å². The zero-order valence-corrected chi connectivity index (χ0v) is 18.5. The number of aliphatic hydroxyl groups excluding tert-OH is 1. The summed E-state index contributed by atoms with van der Waals surface area (Å²) in [7, 11) is 0. The van der Waals surface area contributed by atoms with Gasteiger partial charge in [0.05, 0.1) is 6.61 Å². The number of allylic oxidation sites excluding steroid dienone is 1. The van der Waals surface area contributed by atoms with Gasteiger partial charge in [0.25, 0.3) is 0 Å². The average molecular weight is 472 g/mol. The molecule has 0 radical (unpaired) electrons. The first-order chi connectivity index (χ1) is 16.4. The van der Waals surface area contributed by atoms with Crippen LogP contribution in [0.2, 0.25) is 0 Å². The molecule has 0 aromatic heterocycles. The van der Waals surface area contributed by atoms with Crippen molar-refractivity contribution in [2.75, 3.05) is 13.2 Å². The predicted octanol–water partition coefficient (Wildman–Crippen LogP) is 6.74. The number of hydrogen-bond donors (Lipinski definition) is 1. The van der Waals surface area contributed by atoms with Crippen LogP contribution in [0.3, 0.4) is 0 Å². The molecule has 1 fully saturated rings. The van der Waals surface area contributed by atoms with Crippen molar-refractivity contribution in [2.24, 2.45) is 0 Å². The highest BCUT2D eigenvalue weighted by atomic mass is 19.2. The lowest BCUT2D eigenvalue weighted by atomic mass is 9.90. The average Bonchev–Trinajstić information content (AvgIpc) is 2.85. The molecule has 0 spiro atoms. The summed E-state index contributed by atoms with van der Waals surface area (Å²) in [4.78, 5) is 0. The first-order valence-corrected chi connectivity index (χ1v) is 11.0. The van der Waals surface area contributed by atoms with E-state index in [2.05, 4.69) is 0 Å². The molecule has 0 amide bonds. The Bertz CT molecular complexity index is 1180. The topological polar surface area (TPSA) is 38.7 Å². The monoisotopic (exact) mass is 472 g/mol. The van der Waals surface area contributed by atoms with Gasteiger partial charge in [0.2, 0.25) is 5.82 Å². The minimum absolute atomic E-state index is 0.0314. The molecule has 4 rings (SSSR count). The summed E-state index contributed by atoms with van der Waals surface area (Å²) >= 11 is 0. The zero-order chi connectivity index (χ0) is 24.2. The van der Waals surface area contributed by atoms with E-state index in [0.29, 0.717) is 24.0 Å². The summed E-state index contributed by atoms with van der Waals surface area (Å²) in [5.41, 5.74) is 1.08. The molecule has 3 aromatic rings. The van der Waals surface area contributed by atoms with Crippen LogP contribution in [0.1, 0.15) is 31.2 Å². The van der Waals surface area contributed by atoms with Gasteiger partial charge in [-0.15, -0.1) is 0 Å². The van der Waals surface area contributed by atoms with Gasteiger partial charge in [-0.2, -0.15) is 4.39 Å². The fourth-order valence-corrected chi connectivity index (χ4v) is 4.02. The third-order valence-electron chi connectivity index (χ3n) is 5.93. The SMILES string of the molecule is C/C=C/COc1ccc(-c2ccc(-c3ccc(C4CCC(O)OC4)c(F)c3F)cc2)c(F)c1F. The maximum absolute atomic E-state index is 14.9. The second-order valence-corrected chi connectivity index (χ2v) is 8.09. The first kappa shape index (κ1) is 24.0. The molecule has 2 unspecified atom stereocenters. The summed E-state index contributed by atoms with van der Waals surface area (Å²) < 4.78 is 69.1. The van der Waals surface area contributed by atoms with Crippen molar-refractivity contribution >= 4 is 0 Å². The molecule has 3 nitrogen and oxygen atoms in total. The van der Waals surface area contributed by atoms with E-state index in [-0.39, 0.29) is 41.6 Å². The molecule has 1 aliphatic rings. The Hall–Kier alpha value is -3.16. The number of benzene rings is 3. The Morgan fingerprint density at radius 3 is 2.06 bits per heavy atom. The third kappa shape index (κ3) is 4.86. The van der Waals surface area contributed by atoms with Crippen LogP contribution in [0.4, 0.5) is 17.6 Å². The molecule has 2 atom stereocenters. The highest BCUT2D eigenvalue weighted by Gasteiger charge is 2.26. The van der Waals surface area contributed by atoms with Gasteiger partial charge in [0, 0.05) is 17.0 Å². The lowest BCUT2D eigenvalue weighted by molar-refractivity contribution is -0.130. The predicted molar refractivity (Wildman–Crippen MR) is 121 cm³/mol. The van der Waals surface area contributed by atoms with Crippen molar-refractivity contribution in [2.45, 2.75) is 32.0 Å². The molecule has 178 valence electrons. The summed E-state index contributed by atoms with van der Waals surface area (Å²) in [6.45, 7) is 2.03. The Kier molecular flexibility index (Phi) is 7.34. The van der Waals surface area contributed by atoms with E-state index in [1.165, 1.54) is 48.5 Å². The van der Waals surface area contributed by atoms with Crippen molar-refractivity contribution in [1.82, 2.24) is 0 Å². The first-order valence-electron chi connectivity index (χ1n) is 11.0. The Labute approximate surface area is 195 Å². The normalized spacial score (nSPS) is 18.4. The van der Waals surface area contributed by atoms with Gasteiger partial charge in [-0.05, 0) is 48.6 Å². The quantitative estimate of drug-likeness (QED) is 0.319. The lowest BCUT2D eigenvalue weighted by Gasteiger charge is -2.26. The van der Waals surface area contributed by atoms with Crippen LogP contribution in [0, 0.1) is 23.3 Å². The molecular formula is C27H24F4O3. The van der Waals surface area contributed by atoms with Crippen molar-refractivity contribution in [3.8, 4) is 28.0 Å². The van der Waals surface area contributed by atoms with Crippen LogP contribution >= 0.6 is 0 Å². The third-order valence-corrected chi connectivity index (χ3v) is 5.93.